The molecule has 3 N–H and O–H groups in total. The predicted octanol–water partition coefficient (Wildman–Crippen LogP) is 1.36. The molecule has 1 aromatic carbocycles. The summed E-state index contributed by atoms with van der Waals surface area (Å²) in [6.07, 6.45) is 3.83. The van der Waals surface area contributed by atoms with Crippen LogP contribution in [0.1, 0.15) is 12.6 Å². The zero-order valence-electron chi connectivity index (χ0n) is 11.3. The van der Waals surface area contributed by atoms with Crippen molar-refractivity contribution in [2.45, 2.75) is 18.2 Å². The molecular weight excluding hydrogens is 276 g/mol. The van der Waals surface area contributed by atoms with Crippen molar-refractivity contribution in [2.24, 2.45) is 0 Å². The molecule has 0 aliphatic carbocycles. The summed E-state index contributed by atoms with van der Waals surface area (Å²) in [7, 11) is -3.51. The van der Waals surface area contributed by atoms with E-state index in [-0.39, 0.29) is 4.90 Å². The van der Waals surface area contributed by atoms with Crippen LogP contribution < -0.4 is 10.0 Å². The van der Waals surface area contributed by atoms with Gasteiger partial charge in [0, 0.05) is 31.4 Å². The first kappa shape index (κ1) is 14.5. The third-order valence-corrected chi connectivity index (χ3v) is 4.30. The average molecular weight is 294 g/mol. The number of aromatic nitrogens is 2. The Bertz CT molecular complexity index is 638. The van der Waals surface area contributed by atoms with E-state index in [2.05, 4.69) is 20.0 Å². The van der Waals surface area contributed by atoms with Crippen LogP contribution in [0, 0.1) is 0 Å². The van der Waals surface area contributed by atoms with Gasteiger partial charge in [-0.3, -0.25) is 0 Å². The highest BCUT2D eigenvalue weighted by atomic mass is 32.2. The molecular formula is C13H18N4O2S. The van der Waals surface area contributed by atoms with Crippen molar-refractivity contribution in [1.82, 2.24) is 14.7 Å². The van der Waals surface area contributed by atoms with Crippen LogP contribution in [0.4, 0.5) is 5.69 Å². The number of aromatic amines is 1. The van der Waals surface area contributed by atoms with Crippen LogP contribution in [0.25, 0.3) is 0 Å². The van der Waals surface area contributed by atoms with Gasteiger partial charge in [-0.2, -0.15) is 0 Å². The van der Waals surface area contributed by atoms with Gasteiger partial charge in [0.05, 0.1) is 12.0 Å². The summed E-state index contributed by atoms with van der Waals surface area (Å²) in [4.78, 5) is 7.10. The molecule has 0 fully saturated rings. The number of hydrogen-bond acceptors (Lipinski definition) is 4. The van der Waals surface area contributed by atoms with Crippen molar-refractivity contribution in [2.75, 3.05) is 18.4 Å². The van der Waals surface area contributed by atoms with Crippen LogP contribution in [-0.2, 0) is 16.4 Å². The van der Waals surface area contributed by atoms with Gasteiger partial charge in [0.2, 0.25) is 10.0 Å². The first-order valence-corrected chi connectivity index (χ1v) is 7.91. The largest absolute Gasteiger partial charge is 0.384 e. The monoisotopic (exact) mass is 294 g/mol. The van der Waals surface area contributed by atoms with Gasteiger partial charge < -0.3 is 10.3 Å². The second-order valence-electron chi connectivity index (χ2n) is 4.25. The number of nitrogens with one attached hydrogen (secondary N) is 3. The molecule has 0 radical (unpaired) electrons. The van der Waals surface area contributed by atoms with Gasteiger partial charge in [0.15, 0.2) is 0 Å². The van der Waals surface area contributed by atoms with E-state index >= 15 is 0 Å². The molecule has 20 heavy (non-hydrogen) atoms. The molecule has 0 aliphatic rings. The van der Waals surface area contributed by atoms with E-state index in [0.717, 1.165) is 5.69 Å². The van der Waals surface area contributed by atoms with Gasteiger partial charge >= 0.3 is 0 Å². The second-order valence-corrected chi connectivity index (χ2v) is 5.99. The maximum Gasteiger partial charge on any atom is 0.242 e. The summed E-state index contributed by atoms with van der Waals surface area (Å²) < 4.78 is 27.2. The number of hydrogen-bond donors (Lipinski definition) is 3. The lowest BCUT2D eigenvalue weighted by atomic mass is 10.3. The predicted molar refractivity (Wildman–Crippen MR) is 78.1 cm³/mol. The van der Waals surface area contributed by atoms with Gasteiger partial charge in [-0.05, 0) is 19.1 Å². The molecule has 0 amide bonds. The number of nitrogens with zero attached hydrogens (tertiary/aromatic N) is 1. The van der Waals surface area contributed by atoms with Gasteiger partial charge in [-0.1, -0.05) is 12.1 Å². The summed E-state index contributed by atoms with van der Waals surface area (Å²) in [5.41, 5.74) is 1.51. The van der Waals surface area contributed by atoms with E-state index in [1.165, 1.54) is 0 Å². The molecule has 1 aromatic heterocycles. The fourth-order valence-electron chi connectivity index (χ4n) is 1.86. The number of benzene rings is 1. The molecule has 0 saturated carbocycles. The highest BCUT2D eigenvalue weighted by Gasteiger charge is 2.17. The van der Waals surface area contributed by atoms with Crippen LogP contribution in [0.5, 0.6) is 0 Å². The highest BCUT2D eigenvalue weighted by molar-refractivity contribution is 7.89. The average Bonchev–Trinajstić information content (AvgIpc) is 2.92. The topological polar surface area (TPSA) is 86.9 Å². The first-order valence-electron chi connectivity index (χ1n) is 6.43. The number of sulfonamides is 1. The molecule has 2 aromatic rings. The number of rotatable bonds is 7. The van der Waals surface area contributed by atoms with Gasteiger partial charge in [-0.25, -0.2) is 18.1 Å². The zero-order chi connectivity index (χ0) is 14.4. The smallest absolute Gasteiger partial charge is 0.242 e. The Morgan fingerprint density at radius 2 is 2.10 bits per heavy atom. The van der Waals surface area contributed by atoms with Crippen LogP contribution in [0.3, 0.4) is 0 Å². The SMILES string of the molecule is CCNc1ccccc1S(=O)(=O)NCCc1cnc[nH]1. The molecule has 108 valence electrons. The molecule has 2 rings (SSSR count). The summed E-state index contributed by atoms with van der Waals surface area (Å²) in [5.74, 6) is 0. The van der Waals surface area contributed by atoms with Crippen LogP contribution >= 0.6 is 0 Å². The second kappa shape index (κ2) is 6.53. The Hall–Kier alpha value is -1.86. The van der Waals surface area contributed by atoms with Gasteiger partial charge in [0.25, 0.3) is 0 Å². The van der Waals surface area contributed by atoms with Crippen molar-refractivity contribution < 1.29 is 8.42 Å². The van der Waals surface area contributed by atoms with Crippen LogP contribution in [0.2, 0.25) is 0 Å². The Morgan fingerprint density at radius 3 is 2.80 bits per heavy atom. The van der Waals surface area contributed by atoms with Crippen molar-refractivity contribution >= 4 is 15.7 Å². The molecule has 7 heteroatoms. The van der Waals surface area contributed by atoms with Crippen LogP contribution in [0.15, 0.2) is 41.7 Å². The third kappa shape index (κ3) is 3.58. The summed E-state index contributed by atoms with van der Waals surface area (Å²) >= 11 is 0. The maximum absolute atomic E-state index is 12.3. The lowest BCUT2D eigenvalue weighted by Crippen LogP contribution is -2.26. The molecule has 1 heterocycles. The highest BCUT2D eigenvalue weighted by Crippen LogP contribution is 2.20. The van der Waals surface area contributed by atoms with E-state index in [0.29, 0.717) is 25.2 Å². The Kier molecular flexibility index (Phi) is 4.75. The first-order chi connectivity index (χ1) is 9.63. The summed E-state index contributed by atoms with van der Waals surface area (Å²) in [5, 5.41) is 3.05. The molecule has 6 nitrogen and oxygen atoms in total. The van der Waals surface area contributed by atoms with Crippen LogP contribution in [-0.4, -0.2) is 31.5 Å². The van der Waals surface area contributed by atoms with Gasteiger partial charge in [-0.15, -0.1) is 0 Å². The molecule has 0 spiro atoms. The fourth-order valence-corrected chi connectivity index (χ4v) is 3.07. The lowest BCUT2D eigenvalue weighted by molar-refractivity contribution is 0.581. The van der Waals surface area contributed by atoms with E-state index in [1.54, 1.807) is 30.7 Å². The molecule has 0 saturated heterocycles. The lowest BCUT2D eigenvalue weighted by Gasteiger charge is -2.11. The van der Waals surface area contributed by atoms with Gasteiger partial charge in [0.1, 0.15) is 4.90 Å². The standard InChI is InChI=1S/C13H18N4O2S/c1-2-15-12-5-3-4-6-13(12)20(18,19)17-8-7-11-9-14-10-16-11/h3-6,9-10,15,17H,2,7-8H2,1H3,(H,14,16). The minimum atomic E-state index is -3.51. The van der Waals surface area contributed by atoms with E-state index in [9.17, 15) is 8.42 Å². The number of para-hydroxylation sites is 1. The Labute approximate surface area is 118 Å². The number of anilines is 1. The maximum atomic E-state index is 12.3. The summed E-state index contributed by atoms with van der Waals surface area (Å²) in [6.45, 7) is 2.92. The number of imidazole rings is 1. The summed E-state index contributed by atoms with van der Waals surface area (Å²) in [6, 6.07) is 6.87. The molecule has 0 atom stereocenters. The van der Waals surface area contributed by atoms with Crippen molar-refractivity contribution in [1.29, 1.82) is 0 Å². The molecule has 0 aliphatic heterocycles. The van der Waals surface area contributed by atoms with Crippen molar-refractivity contribution in [3.8, 4) is 0 Å². The fraction of sp³-hybridized carbons (Fsp3) is 0.308. The van der Waals surface area contributed by atoms with Crippen molar-refractivity contribution in [3.63, 3.8) is 0 Å². The normalized spacial score (nSPS) is 11.4. The Balaban J connectivity index is 2.06. The molecule has 0 unspecified atom stereocenters. The third-order valence-electron chi connectivity index (χ3n) is 2.79. The zero-order valence-corrected chi connectivity index (χ0v) is 12.1. The minimum Gasteiger partial charge on any atom is -0.384 e. The van der Waals surface area contributed by atoms with Crippen molar-refractivity contribution in [3.05, 3.63) is 42.5 Å². The minimum absolute atomic E-state index is 0.270. The van der Waals surface area contributed by atoms with E-state index < -0.39 is 10.0 Å². The van der Waals surface area contributed by atoms with E-state index in [1.807, 2.05) is 13.0 Å². The number of H-pyrrole nitrogens is 1. The van der Waals surface area contributed by atoms with E-state index in [4.69, 9.17) is 0 Å². The molecule has 0 bridgehead atoms. The quantitative estimate of drug-likeness (QED) is 0.719. The Morgan fingerprint density at radius 1 is 1.30 bits per heavy atom.